The molecule has 0 saturated heterocycles. The maximum atomic E-state index is 2.48. The molecule has 0 N–H and O–H groups in total. The van der Waals surface area contributed by atoms with Crippen molar-refractivity contribution < 1.29 is 0 Å². The van der Waals surface area contributed by atoms with Crippen molar-refractivity contribution in [3.05, 3.63) is 169 Å². The largest absolute Gasteiger partial charge is 0.309 e. The van der Waals surface area contributed by atoms with Crippen LogP contribution in [-0.2, 0) is 10.8 Å². The summed E-state index contributed by atoms with van der Waals surface area (Å²) in [6.07, 6.45) is 0. The van der Waals surface area contributed by atoms with E-state index in [1.54, 1.807) is 0 Å². The van der Waals surface area contributed by atoms with Gasteiger partial charge in [0.25, 0.3) is 0 Å². The first kappa shape index (κ1) is 32.1. The van der Waals surface area contributed by atoms with Crippen molar-refractivity contribution in [2.24, 2.45) is 0 Å². The molecule has 2 heterocycles. The molecule has 0 aliphatic carbocycles. The zero-order valence-electron chi connectivity index (χ0n) is 30.9. The lowest BCUT2D eigenvalue weighted by atomic mass is 9.78. The van der Waals surface area contributed by atoms with Gasteiger partial charge in [-0.1, -0.05) is 151 Å². The predicted molar refractivity (Wildman–Crippen MR) is 223 cm³/mol. The third kappa shape index (κ3) is 5.00. The Labute approximate surface area is 306 Å². The molecule has 9 rings (SSSR count). The Bertz CT molecular complexity index is 2770. The van der Waals surface area contributed by atoms with Crippen LogP contribution in [0.2, 0.25) is 0 Å². The molecule has 0 saturated carbocycles. The van der Waals surface area contributed by atoms with Crippen LogP contribution in [0.3, 0.4) is 0 Å². The van der Waals surface area contributed by atoms with Crippen LogP contribution < -0.4 is 0 Å². The van der Waals surface area contributed by atoms with Crippen molar-refractivity contribution in [1.29, 1.82) is 0 Å². The molecule has 0 fully saturated rings. The van der Waals surface area contributed by atoms with Crippen LogP contribution in [0.15, 0.2) is 158 Å². The van der Waals surface area contributed by atoms with Crippen LogP contribution in [0.5, 0.6) is 0 Å². The molecule has 2 nitrogen and oxygen atoms in total. The summed E-state index contributed by atoms with van der Waals surface area (Å²) in [6, 6.07) is 58.0. The van der Waals surface area contributed by atoms with Gasteiger partial charge in [0, 0.05) is 32.9 Å². The molecule has 2 heteroatoms. The van der Waals surface area contributed by atoms with Crippen molar-refractivity contribution in [1.82, 2.24) is 9.13 Å². The van der Waals surface area contributed by atoms with Gasteiger partial charge in [-0.05, 0) is 92.7 Å². The van der Waals surface area contributed by atoms with Gasteiger partial charge >= 0.3 is 0 Å². The summed E-state index contributed by atoms with van der Waals surface area (Å²) in [6.45, 7) is 14.1. The SMILES string of the molecule is CC(C)(C)c1c(-c2ccc3c4c(C(C)(C)C)c(-c5ccccc5)ccc4n(-c4ccccc4)c3c2)ccc2c1c1ccccc1n2-c1ccccc1. The molecule has 0 unspecified atom stereocenters. The Kier molecular flexibility index (Phi) is 7.31. The third-order valence-corrected chi connectivity index (χ3v) is 10.7. The maximum absolute atomic E-state index is 2.48. The molecule has 9 aromatic rings. The quantitative estimate of drug-likeness (QED) is 0.176. The Morgan fingerprint density at radius 1 is 0.346 bits per heavy atom. The summed E-state index contributed by atoms with van der Waals surface area (Å²) in [5, 5.41) is 5.23. The number of hydrogen-bond donors (Lipinski definition) is 0. The minimum Gasteiger partial charge on any atom is -0.309 e. The summed E-state index contributed by atoms with van der Waals surface area (Å²) in [5.41, 5.74) is 14.9. The second-order valence-corrected chi connectivity index (χ2v) is 16.2. The van der Waals surface area contributed by atoms with Crippen LogP contribution >= 0.6 is 0 Å². The fraction of sp³-hybridized carbons (Fsp3) is 0.160. The molecule has 0 bridgehead atoms. The standard InChI is InChI=1S/C50H44N2/c1-49(2,3)47-37(33-18-10-7-11-19-33)28-30-43-46(47)40-27-26-34(32-44(40)52(43)36-22-14-9-15-23-36)38-29-31-42-45(48(38)50(4,5)6)39-24-16-17-25-41(39)51(42)35-20-12-8-13-21-35/h7-32H,1-6H3. The molecule has 0 aliphatic heterocycles. The van der Waals surface area contributed by atoms with Crippen molar-refractivity contribution in [3.63, 3.8) is 0 Å². The molecular formula is C50H44N2. The van der Waals surface area contributed by atoms with Crippen LogP contribution in [0.1, 0.15) is 52.7 Å². The average molecular weight is 673 g/mol. The average Bonchev–Trinajstić information content (AvgIpc) is 3.66. The monoisotopic (exact) mass is 672 g/mol. The van der Waals surface area contributed by atoms with E-state index in [-0.39, 0.29) is 10.8 Å². The fourth-order valence-electron chi connectivity index (χ4n) is 8.70. The van der Waals surface area contributed by atoms with E-state index < -0.39 is 0 Å². The van der Waals surface area contributed by atoms with Crippen LogP contribution in [-0.4, -0.2) is 9.13 Å². The van der Waals surface area contributed by atoms with Gasteiger partial charge in [0.2, 0.25) is 0 Å². The maximum Gasteiger partial charge on any atom is 0.0547 e. The van der Waals surface area contributed by atoms with Gasteiger partial charge < -0.3 is 9.13 Å². The van der Waals surface area contributed by atoms with Gasteiger partial charge in [-0.15, -0.1) is 0 Å². The zero-order valence-corrected chi connectivity index (χ0v) is 30.9. The number of benzene rings is 7. The van der Waals surface area contributed by atoms with E-state index in [0.717, 1.165) is 0 Å². The van der Waals surface area contributed by atoms with Crippen LogP contribution in [0.4, 0.5) is 0 Å². The number of para-hydroxylation sites is 3. The lowest BCUT2D eigenvalue weighted by Crippen LogP contribution is -2.13. The first-order valence-corrected chi connectivity index (χ1v) is 18.5. The molecule has 0 amide bonds. The van der Waals surface area contributed by atoms with E-state index in [0.29, 0.717) is 0 Å². The van der Waals surface area contributed by atoms with Gasteiger partial charge in [0.15, 0.2) is 0 Å². The third-order valence-electron chi connectivity index (χ3n) is 10.7. The Morgan fingerprint density at radius 3 is 1.33 bits per heavy atom. The molecule has 0 aliphatic rings. The van der Waals surface area contributed by atoms with Crippen LogP contribution in [0.25, 0.3) is 77.2 Å². The lowest BCUT2D eigenvalue weighted by Gasteiger charge is -2.25. The highest BCUT2D eigenvalue weighted by Crippen LogP contribution is 2.47. The first-order chi connectivity index (χ1) is 25.1. The Morgan fingerprint density at radius 2 is 0.788 bits per heavy atom. The van der Waals surface area contributed by atoms with Gasteiger partial charge in [-0.2, -0.15) is 0 Å². The number of rotatable bonds is 4. The Hall–Kier alpha value is -5.86. The summed E-state index contributed by atoms with van der Waals surface area (Å²) >= 11 is 0. The summed E-state index contributed by atoms with van der Waals surface area (Å²) in [7, 11) is 0. The molecule has 7 aromatic carbocycles. The van der Waals surface area contributed by atoms with E-state index in [2.05, 4.69) is 208 Å². The zero-order chi connectivity index (χ0) is 35.8. The van der Waals surface area contributed by atoms with Crippen molar-refractivity contribution >= 4 is 43.6 Å². The van der Waals surface area contributed by atoms with E-state index in [1.165, 1.54) is 88.4 Å². The van der Waals surface area contributed by atoms with Gasteiger partial charge in [-0.3, -0.25) is 0 Å². The second kappa shape index (κ2) is 11.9. The highest BCUT2D eigenvalue weighted by atomic mass is 15.0. The lowest BCUT2D eigenvalue weighted by molar-refractivity contribution is 0.597. The molecule has 2 aromatic heterocycles. The van der Waals surface area contributed by atoms with Crippen molar-refractivity contribution in [3.8, 4) is 33.6 Å². The fourth-order valence-corrected chi connectivity index (χ4v) is 8.70. The topological polar surface area (TPSA) is 9.86 Å². The minimum absolute atomic E-state index is 0.0867. The highest BCUT2D eigenvalue weighted by Gasteiger charge is 2.29. The number of fused-ring (bicyclic) bond motifs is 6. The number of aromatic nitrogens is 2. The van der Waals surface area contributed by atoms with E-state index in [1.807, 2.05) is 0 Å². The highest BCUT2D eigenvalue weighted by molar-refractivity contribution is 6.16. The van der Waals surface area contributed by atoms with Gasteiger partial charge in [0.05, 0.1) is 22.1 Å². The molecule has 0 spiro atoms. The molecular weight excluding hydrogens is 629 g/mol. The van der Waals surface area contributed by atoms with E-state index >= 15 is 0 Å². The van der Waals surface area contributed by atoms with Crippen molar-refractivity contribution in [2.75, 3.05) is 0 Å². The van der Waals surface area contributed by atoms with Gasteiger partial charge in [0.1, 0.15) is 0 Å². The molecule has 0 radical (unpaired) electrons. The summed E-state index contributed by atoms with van der Waals surface area (Å²) < 4.78 is 4.91. The minimum atomic E-state index is -0.119. The van der Waals surface area contributed by atoms with Crippen LogP contribution in [0, 0.1) is 0 Å². The summed E-state index contributed by atoms with van der Waals surface area (Å²) in [5.74, 6) is 0. The molecule has 0 atom stereocenters. The molecule has 254 valence electrons. The number of nitrogens with zero attached hydrogens (tertiary/aromatic N) is 2. The summed E-state index contributed by atoms with van der Waals surface area (Å²) in [4.78, 5) is 0. The smallest absolute Gasteiger partial charge is 0.0547 e. The predicted octanol–water partition coefficient (Wildman–Crippen LogP) is 13.8. The molecule has 52 heavy (non-hydrogen) atoms. The van der Waals surface area contributed by atoms with E-state index in [9.17, 15) is 0 Å². The van der Waals surface area contributed by atoms with E-state index in [4.69, 9.17) is 0 Å². The van der Waals surface area contributed by atoms with Crippen molar-refractivity contribution in [2.45, 2.75) is 52.4 Å². The first-order valence-electron chi connectivity index (χ1n) is 18.5. The second-order valence-electron chi connectivity index (χ2n) is 16.2. The Balaban J connectivity index is 1.39. The number of hydrogen-bond acceptors (Lipinski definition) is 0. The van der Waals surface area contributed by atoms with Gasteiger partial charge in [-0.25, -0.2) is 0 Å². The normalized spacial score (nSPS) is 12.4.